The van der Waals surface area contributed by atoms with Gasteiger partial charge in [-0.15, -0.1) is 0 Å². The summed E-state index contributed by atoms with van der Waals surface area (Å²) < 4.78 is 0. The van der Waals surface area contributed by atoms with Crippen LogP contribution >= 0.6 is 0 Å². The molecule has 0 unspecified atom stereocenters. The number of pyridine rings is 1. The van der Waals surface area contributed by atoms with Crippen LogP contribution in [0.15, 0.2) is 18.5 Å². The molecular weight excluding hydrogens is 198 g/mol. The van der Waals surface area contributed by atoms with Gasteiger partial charge >= 0.3 is 0 Å². The molecule has 0 saturated carbocycles. The van der Waals surface area contributed by atoms with Crippen molar-refractivity contribution in [3.63, 3.8) is 0 Å². The quantitative estimate of drug-likeness (QED) is 0.765. The summed E-state index contributed by atoms with van der Waals surface area (Å²) >= 11 is 0. The van der Waals surface area contributed by atoms with Gasteiger partial charge in [0, 0.05) is 32.0 Å². The molecule has 0 aliphatic rings. The van der Waals surface area contributed by atoms with E-state index >= 15 is 0 Å². The second-order valence-electron chi connectivity index (χ2n) is 4.29. The van der Waals surface area contributed by atoms with Gasteiger partial charge in [0.2, 0.25) is 0 Å². The molecule has 16 heavy (non-hydrogen) atoms. The Morgan fingerprint density at radius 3 is 2.75 bits per heavy atom. The van der Waals surface area contributed by atoms with E-state index < -0.39 is 0 Å². The van der Waals surface area contributed by atoms with Crippen molar-refractivity contribution in [3.05, 3.63) is 29.6 Å². The number of aryl methyl sites for hydroxylation is 1. The Balaban J connectivity index is 2.52. The lowest BCUT2D eigenvalue weighted by molar-refractivity contribution is 0.268. The van der Waals surface area contributed by atoms with E-state index in [0.29, 0.717) is 0 Å². The third-order valence-electron chi connectivity index (χ3n) is 2.61. The molecule has 0 aromatic carbocycles. The van der Waals surface area contributed by atoms with Crippen LogP contribution in [0.1, 0.15) is 30.9 Å². The van der Waals surface area contributed by atoms with Crippen molar-refractivity contribution in [2.45, 2.75) is 33.2 Å². The van der Waals surface area contributed by atoms with Crippen LogP contribution in [0.2, 0.25) is 0 Å². The van der Waals surface area contributed by atoms with Crippen LogP contribution in [0.25, 0.3) is 0 Å². The lowest BCUT2D eigenvalue weighted by Crippen LogP contribution is -2.30. The zero-order valence-corrected chi connectivity index (χ0v) is 10.4. The second kappa shape index (κ2) is 7.36. The fourth-order valence-electron chi connectivity index (χ4n) is 1.80. The normalized spacial score (nSPS) is 11.0. The minimum atomic E-state index is 0.725. The first-order valence-corrected chi connectivity index (χ1v) is 6.09. The van der Waals surface area contributed by atoms with Crippen molar-refractivity contribution < 1.29 is 0 Å². The van der Waals surface area contributed by atoms with Crippen LogP contribution in [0.3, 0.4) is 0 Å². The van der Waals surface area contributed by atoms with Crippen molar-refractivity contribution in [1.82, 2.24) is 9.88 Å². The zero-order valence-electron chi connectivity index (χ0n) is 10.4. The molecule has 1 aromatic rings. The van der Waals surface area contributed by atoms with E-state index in [4.69, 9.17) is 5.73 Å². The molecule has 2 N–H and O–H groups in total. The van der Waals surface area contributed by atoms with Crippen molar-refractivity contribution >= 4 is 0 Å². The Morgan fingerprint density at radius 2 is 2.12 bits per heavy atom. The summed E-state index contributed by atoms with van der Waals surface area (Å²) in [7, 11) is 0. The molecule has 1 rings (SSSR count). The molecule has 3 heteroatoms. The van der Waals surface area contributed by atoms with Crippen molar-refractivity contribution in [1.29, 1.82) is 0 Å². The topological polar surface area (TPSA) is 42.1 Å². The molecule has 0 fully saturated rings. The highest BCUT2D eigenvalue weighted by atomic mass is 15.1. The van der Waals surface area contributed by atoms with Gasteiger partial charge in [-0.25, -0.2) is 0 Å². The molecule has 0 bridgehead atoms. The van der Waals surface area contributed by atoms with Crippen LogP contribution in [0, 0.1) is 6.92 Å². The van der Waals surface area contributed by atoms with E-state index in [1.54, 1.807) is 0 Å². The van der Waals surface area contributed by atoms with E-state index in [1.807, 2.05) is 12.4 Å². The van der Waals surface area contributed by atoms with Crippen LogP contribution < -0.4 is 5.73 Å². The second-order valence-corrected chi connectivity index (χ2v) is 4.29. The summed E-state index contributed by atoms with van der Waals surface area (Å²) in [5.74, 6) is 0. The number of unbranched alkanes of at least 4 members (excludes halogenated alkanes) is 1. The molecule has 0 saturated heterocycles. The predicted molar refractivity (Wildman–Crippen MR) is 68.2 cm³/mol. The fourth-order valence-corrected chi connectivity index (χ4v) is 1.80. The summed E-state index contributed by atoms with van der Waals surface area (Å²) in [5.41, 5.74) is 8.13. The minimum Gasteiger partial charge on any atom is -0.329 e. The Morgan fingerprint density at radius 1 is 1.31 bits per heavy atom. The van der Waals surface area contributed by atoms with E-state index in [1.165, 1.54) is 24.0 Å². The first-order valence-electron chi connectivity index (χ1n) is 6.09. The third-order valence-corrected chi connectivity index (χ3v) is 2.61. The van der Waals surface area contributed by atoms with Crippen LogP contribution in [0.4, 0.5) is 0 Å². The Kier molecular flexibility index (Phi) is 6.04. The van der Waals surface area contributed by atoms with Gasteiger partial charge in [0.25, 0.3) is 0 Å². The van der Waals surface area contributed by atoms with Gasteiger partial charge in [0.15, 0.2) is 0 Å². The number of nitrogens with two attached hydrogens (primary N) is 1. The third kappa shape index (κ3) is 4.73. The summed E-state index contributed by atoms with van der Waals surface area (Å²) in [6.07, 6.45) is 6.30. The molecule has 0 aliphatic heterocycles. The number of aromatic nitrogens is 1. The van der Waals surface area contributed by atoms with E-state index in [9.17, 15) is 0 Å². The highest BCUT2D eigenvalue weighted by Gasteiger charge is 2.04. The minimum absolute atomic E-state index is 0.725. The van der Waals surface area contributed by atoms with Gasteiger partial charge in [0.1, 0.15) is 0 Å². The van der Waals surface area contributed by atoms with Gasteiger partial charge in [-0.05, 0) is 31.0 Å². The van der Waals surface area contributed by atoms with Crippen molar-refractivity contribution in [2.24, 2.45) is 5.73 Å². The van der Waals surface area contributed by atoms with E-state index in [0.717, 1.165) is 26.2 Å². The van der Waals surface area contributed by atoms with Crippen LogP contribution in [-0.2, 0) is 6.54 Å². The number of rotatable bonds is 7. The van der Waals surface area contributed by atoms with Crippen molar-refractivity contribution in [3.8, 4) is 0 Å². The summed E-state index contributed by atoms with van der Waals surface area (Å²) in [6.45, 7) is 8.08. The smallest absolute Gasteiger partial charge is 0.0313 e. The molecular formula is C13H23N3. The average Bonchev–Trinajstić information content (AvgIpc) is 2.26. The maximum atomic E-state index is 5.63. The first-order chi connectivity index (χ1) is 7.76. The monoisotopic (exact) mass is 221 g/mol. The predicted octanol–water partition coefficient (Wildman–Crippen LogP) is 1.95. The average molecular weight is 221 g/mol. The molecule has 0 atom stereocenters. The Hall–Kier alpha value is -0.930. The highest BCUT2D eigenvalue weighted by molar-refractivity contribution is 5.16. The van der Waals surface area contributed by atoms with Gasteiger partial charge in [-0.2, -0.15) is 0 Å². The summed E-state index contributed by atoms with van der Waals surface area (Å²) in [6, 6.07) is 2.20. The SMILES string of the molecule is CCCCN(CCN)Cc1cncc(C)c1. The molecule has 0 spiro atoms. The van der Waals surface area contributed by atoms with Gasteiger partial charge < -0.3 is 5.73 Å². The van der Waals surface area contributed by atoms with Crippen LogP contribution in [-0.4, -0.2) is 29.5 Å². The molecule has 1 heterocycles. The molecule has 0 aliphatic carbocycles. The van der Waals surface area contributed by atoms with E-state index in [-0.39, 0.29) is 0 Å². The molecule has 0 amide bonds. The zero-order chi connectivity index (χ0) is 11.8. The maximum Gasteiger partial charge on any atom is 0.0313 e. The summed E-state index contributed by atoms with van der Waals surface area (Å²) in [5, 5.41) is 0. The molecule has 1 aromatic heterocycles. The standard InChI is InChI=1S/C13H23N3/c1-3-4-6-16(7-5-14)11-13-8-12(2)9-15-10-13/h8-10H,3-7,11,14H2,1-2H3. The van der Waals surface area contributed by atoms with Crippen molar-refractivity contribution in [2.75, 3.05) is 19.6 Å². The number of hydrogen-bond acceptors (Lipinski definition) is 3. The first kappa shape index (κ1) is 13.1. The molecule has 0 radical (unpaired) electrons. The number of hydrogen-bond donors (Lipinski definition) is 1. The van der Waals surface area contributed by atoms with Crippen LogP contribution in [0.5, 0.6) is 0 Å². The maximum absolute atomic E-state index is 5.63. The summed E-state index contributed by atoms with van der Waals surface area (Å²) in [4.78, 5) is 6.62. The largest absolute Gasteiger partial charge is 0.329 e. The van der Waals surface area contributed by atoms with E-state index in [2.05, 4.69) is 29.8 Å². The number of nitrogens with zero attached hydrogens (tertiary/aromatic N) is 2. The molecule has 3 nitrogen and oxygen atoms in total. The Bertz CT molecular complexity index is 299. The lowest BCUT2D eigenvalue weighted by atomic mass is 10.2. The highest BCUT2D eigenvalue weighted by Crippen LogP contribution is 2.06. The lowest BCUT2D eigenvalue weighted by Gasteiger charge is -2.21. The Labute approximate surface area is 98.7 Å². The van der Waals surface area contributed by atoms with Gasteiger partial charge in [0.05, 0.1) is 0 Å². The van der Waals surface area contributed by atoms with Gasteiger partial charge in [-0.1, -0.05) is 19.4 Å². The fraction of sp³-hybridized carbons (Fsp3) is 0.615. The van der Waals surface area contributed by atoms with Gasteiger partial charge in [-0.3, -0.25) is 9.88 Å². The molecule has 90 valence electrons.